The Bertz CT molecular complexity index is 1340. The maximum absolute atomic E-state index is 13.7. The van der Waals surface area contributed by atoms with Gasteiger partial charge in [-0.2, -0.15) is 0 Å². The maximum Gasteiger partial charge on any atom is 0.219 e. The van der Waals surface area contributed by atoms with E-state index >= 15 is 0 Å². The molecule has 0 aromatic heterocycles. The van der Waals surface area contributed by atoms with E-state index in [1.807, 2.05) is 24.0 Å². The highest BCUT2D eigenvalue weighted by atomic mass is 16.3. The summed E-state index contributed by atoms with van der Waals surface area (Å²) in [6.07, 6.45) is 4.43. The average Bonchev–Trinajstić information content (AvgIpc) is 2.90. The monoisotopic (exact) mass is 526 g/mol. The highest BCUT2D eigenvalue weighted by Crippen LogP contribution is 2.56. The molecule has 5 rings (SSSR count). The van der Waals surface area contributed by atoms with Crippen molar-refractivity contribution in [2.45, 2.75) is 47.0 Å². The van der Waals surface area contributed by atoms with Crippen LogP contribution in [0.4, 0.5) is 0 Å². The summed E-state index contributed by atoms with van der Waals surface area (Å²) in [5.74, 6) is 1.56. The highest BCUT2D eigenvalue weighted by Gasteiger charge is 2.45. The molecule has 1 aromatic carbocycles. The molecule has 0 saturated carbocycles. The summed E-state index contributed by atoms with van der Waals surface area (Å²) in [5, 5.41) is 10.7. The fraction of sp³-hybridized carbons (Fsp3) is 0.471. The molecule has 1 aliphatic heterocycles. The Labute approximate surface area is 233 Å². The Balaban J connectivity index is 1.52. The van der Waals surface area contributed by atoms with E-state index < -0.39 is 0 Å². The van der Waals surface area contributed by atoms with Gasteiger partial charge in [-0.25, -0.2) is 0 Å². The number of carbonyl (C=O) groups excluding carboxylic acids is 2. The van der Waals surface area contributed by atoms with Crippen molar-refractivity contribution in [3.8, 4) is 0 Å². The van der Waals surface area contributed by atoms with Crippen LogP contribution in [0.2, 0.25) is 0 Å². The minimum absolute atomic E-state index is 0.0938. The number of piperazine rings is 1. The Morgan fingerprint density at radius 3 is 2.46 bits per heavy atom. The number of aliphatic hydroxyl groups excluding tert-OH is 1. The first kappa shape index (κ1) is 27.4. The molecule has 4 atom stereocenters. The second-order valence-corrected chi connectivity index (χ2v) is 12.0. The third kappa shape index (κ3) is 4.65. The number of hydrogen-bond acceptors (Lipinski definition) is 4. The van der Waals surface area contributed by atoms with Gasteiger partial charge in [-0.15, -0.1) is 6.58 Å². The largest absolute Gasteiger partial charge is 0.512 e. The Morgan fingerprint density at radius 2 is 1.82 bits per heavy atom. The number of carbonyl (C=O) groups is 2. The van der Waals surface area contributed by atoms with Crippen molar-refractivity contribution >= 4 is 17.3 Å². The fourth-order valence-corrected chi connectivity index (χ4v) is 7.58. The van der Waals surface area contributed by atoms with Crippen LogP contribution in [0.25, 0.3) is 5.57 Å². The highest BCUT2D eigenvalue weighted by molar-refractivity contribution is 6.01. The van der Waals surface area contributed by atoms with Gasteiger partial charge in [-0.1, -0.05) is 43.9 Å². The van der Waals surface area contributed by atoms with E-state index in [9.17, 15) is 14.7 Å². The van der Waals surface area contributed by atoms with E-state index in [1.165, 1.54) is 11.1 Å². The Kier molecular flexibility index (Phi) is 7.32. The van der Waals surface area contributed by atoms with Gasteiger partial charge < -0.3 is 10.0 Å². The predicted octanol–water partition coefficient (Wildman–Crippen LogP) is 6.07. The van der Waals surface area contributed by atoms with E-state index in [0.29, 0.717) is 44.9 Å². The van der Waals surface area contributed by atoms with Gasteiger partial charge in [0, 0.05) is 51.0 Å². The van der Waals surface area contributed by atoms with Gasteiger partial charge in [-0.05, 0) is 83.4 Å². The molecule has 1 fully saturated rings. The van der Waals surface area contributed by atoms with Crippen molar-refractivity contribution in [3.05, 3.63) is 88.3 Å². The zero-order valence-electron chi connectivity index (χ0n) is 24.0. The maximum atomic E-state index is 13.7. The van der Waals surface area contributed by atoms with Crippen molar-refractivity contribution in [1.29, 1.82) is 0 Å². The molecule has 0 radical (unpaired) electrons. The number of benzene rings is 1. The average molecular weight is 527 g/mol. The molecule has 5 nitrogen and oxygen atoms in total. The first-order valence-corrected chi connectivity index (χ1v) is 14.3. The Hall–Kier alpha value is -3.18. The van der Waals surface area contributed by atoms with Crippen molar-refractivity contribution in [2.24, 2.45) is 23.7 Å². The molecule has 206 valence electrons. The first-order valence-electron chi connectivity index (χ1n) is 14.3. The van der Waals surface area contributed by atoms with E-state index in [2.05, 4.69) is 44.6 Å². The van der Waals surface area contributed by atoms with Crippen LogP contribution in [0.5, 0.6) is 0 Å². The number of fused-ring (bicyclic) bond motifs is 3. The molecule has 4 unspecified atom stereocenters. The molecular formula is C34H42N2O3. The van der Waals surface area contributed by atoms with Crippen LogP contribution in [0, 0.1) is 30.6 Å². The van der Waals surface area contributed by atoms with Crippen molar-refractivity contribution in [1.82, 2.24) is 9.80 Å². The van der Waals surface area contributed by atoms with Crippen LogP contribution in [0.3, 0.4) is 0 Å². The standard InChI is InChI=1S/C34H42N2O3/c1-8-19(2)32-33-22(5)21(4)29(38)17-26(33)15-25-16-28-27(10-9-20(3)31(28)23(6)34(25)32)30(39)18-35-11-13-36(14-12-35)24(7)37/h8-10,19,25-26,33,38H,1,5-6,11-18H2,2-4,7H3. The van der Waals surface area contributed by atoms with Gasteiger partial charge in [0.1, 0.15) is 0 Å². The smallest absolute Gasteiger partial charge is 0.219 e. The van der Waals surface area contributed by atoms with E-state index in [0.717, 1.165) is 51.8 Å². The number of rotatable bonds is 5. The van der Waals surface area contributed by atoms with Crippen LogP contribution in [0.1, 0.15) is 60.7 Å². The second kappa shape index (κ2) is 10.4. The van der Waals surface area contributed by atoms with Gasteiger partial charge in [0.25, 0.3) is 0 Å². The molecule has 1 saturated heterocycles. The molecule has 0 spiro atoms. The molecule has 39 heavy (non-hydrogen) atoms. The third-order valence-electron chi connectivity index (χ3n) is 9.79. The summed E-state index contributed by atoms with van der Waals surface area (Å²) < 4.78 is 0. The number of aliphatic hydroxyl groups is 1. The summed E-state index contributed by atoms with van der Waals surface area (Å²) in [7, 11) is 0. The lowest BCUT2D eigenvalue weighted by molar-refractivity contribution is -0.130. The van der Waals surface area contributed by atoms with Gasteiger partial charge in [0.2, 0.25) is 5.91 Å². The normalized spacial score (nSPS) is 26.2. The zero-order chi connectivity index (χ0) is 28.2. The van der Waals surface area contributed by atoms with Gasteiger partial charge in [-0.3, -0.25) is 14.5 Å². The van der Waals surface area contributed by atoms with Crippen LogP contribution in [-0.4, -0.2) is 59.3 Å². The van der Waals surface area contributed by atoms with E-state index in [-0.39, 0.29) is 35.4 Å². The van der Waals surface area contributed by atoms with Gasteiger partial charge >= 0.3 is 0 Å². The summed E-state index contributed by atoms with van der Waals surface area (Å²) in [5.41, 5.74) is 9.83. The molecule has 3 aliphatic carbocycles. The summed E-state index contributed by atoms with van der Waals surface area (Å²) in [4.78, 5) is 29.4. The lowest BCUT2D eigenvalue weighted by atomic mass is 9.57. The number of ketones is 1. The van der Waals surface area contributed by atoms with E-state index in [1.54, 1.807) is 6.92 Å². The second-order valence-electron chi connectivity index (χ2n) is 12.0. The number of aryl methyl sites for hydroxylation is 1. The van der Waals surface area contributed by atoms with Crippen LogP contribution < -0.4 is 0 Å². The first-order chi connectivity index (χ1) is 18.5. The molecule has 5 heteroatoms. The van der Waals surface area contributed by atoms with Crippen LogP contribution in [-0.2, 0) is 11.2 Å². The van der Waals surface area contributed by atoms with Gasteiger partial charge in [0.05, 0.1) is 12.3 Å². The molecule has 4 aliphatic rings. The summed E-state index contributed by atoms with van der Waals surface area (Å²) in [6.45, 7) is 24.3. The van der Waals surface area contributed by atoms with Crippen LogP contribution in [0.15, 0.2) is 66.0 Å². The molecule has 0 bridgehead atoms. The SMILES string of the molecule is C=CC(C)C1=C2C(=C)c3c(C)ccc(C(=O)CN4CCN(C(C)=O)CC4)c3CC2CC2CC(O)=C(C)C(=C)C12. The summed E-state index contributed by atoms with van der Waals surface area (Å²) in [6, 6.07) is 4.07. The topological polar surface area (TPSA) is 60.9 Å². The number of allylic oxidation sites excluding steroid dienone is 7. The third-order valence-corrected chi connectivity index (χ3v) is 9.79. The number of amides is 1. The van der Waals surface area contributed by atoms with Crippen molar-refractivity contribution < 1.29 is 14.7 Å². The number of hydrogen-bond donors (Lipinski definition) is 1. The minimum atomic E-state index is 0.0938. The van der Waals surface area contributed by atoms with Crippen molar-refractivity contribution in [3.63, 3.8) is 0 Å². The molecule has 1 heterocycles. The summed E-state index contributed by atoms with van der Waals surface area (Å²) >= 11 is 0. The van der Waals surface area contributed by atoms with Gasteiger partial charge in [0.15, 0.2) is 5.78 Å². The molecule has 1 amide bonds. The number of Topliss-reactive ketones (excluding diaryl/α,β-unsaturated/α-hetero) is 1. The zero-order valence-corrected chi connectivity index (χ0v) is 24.0. The minimum Gasteiger partial charge on any atom is -0.512 e. The molecule has 1 aromatic rings. The van der Waals surface area contributed by atoms with Crippen LogP contribution >= 0.6 is 0 Å². The van der Waals surface area contributed by atoms with E-state index in [4.69, 9.17) is 0 Å². The van der Waals surface area contributed by atoms with Crippen molar-refractivity contribution in [2.75, 3.05) is 32.7 Å². The predicted molar refractivity (Wildman–Crippen MR) is 158 cm³/mol. The molecular weight excluding hydrogens is 484 g/mol. The number of nitrogens with zero attached hydrogens (tertiary/aromatic N) is 2. The molecule has 1 N–H and O–H groups in total. The fourth-order valence-electron chi connectivity index (χ4n) is 7.58. The lowest BCUT2D eigenvalue weighted by Gasteiger charge is -2.47. The lowest BCUT2D eigenvalue weighted by Crippen LogP contribution is -2.49. The quantitative estimate of drug-likeness (QED) is 0.373. The Morgan fingerprint density at radius 1 is 1.13 bits per heavy atom.